The molecule has 0 aliphatic heterocycles. The number of amides is 1. The molecule has 0 aliphatic rings. The minimum atomic E-state index is -0.742. The highest BCUT2D eigenvalue weighted by Gasteiger charge is 2.24. The van der Waals surface area contributed by atoms with Crippen LogP contribution in [0.1, 0.15) is 42.2 Å². The number of H-pyrrole nitrogens is 1. The van der Waals surface area contributed by atoms with Gasteiger partial charge in [0.2, 0.25) is 0 Å². The van der Waals surface area contributed by atoms with Crippen molar-refractivity contribution in [2.24, 2.45) is 0 Å². The molecule has 0 radical (unpaired) electrons. The number of halogens is 1. The summed E-state index contributed by atoms with van der Waals surface area (Å²) < 4.78 is 5.21. The van der Waals surface area contributed by atoms with Gasteiger partial charge in [-0.05, 0) is 43.0 Å². The molecule has 0 saturated carbocycles. The van der Waals surface area contributed by atoms with E-state index in [1.54, 1.807) is 56.3 Å². The summed E-state index contributed by atoms with van der Waals surface area (Å²) >= 11 is 6.28. The molecule has 2 aromatic carbocycles. The summed E-state index contributed by atoms with van der Waals surface area (Å²) in [5.74, 6) is -1.07. The Morgan fingerprint density at radius 2 is 1.79 bits per heavy atom. The Morgan fingerprint density at radius 1 is 1.10 bits per heavy atom. The number of aromatic nitrogens is 1. The minimum Gasteiger partial charge on any atom is -0.463 e. The standard InChI is InChI=1S/C22H21ClN2O4/c1-13(2)29-20(26)12-19(15-8-4-5-9-17(15)23)25-22(28)16-11-14-7-3-6-10-18(14)24-21(16)27/h3-11,13,19H,12H2,1-2H3,(H,24,27)(H,25,28). The van der Waals surface area contributed by atoms with Crippen LogP contribution in [0.25, 0.3) is 10.9 Å². The molecule has 0 aliphatic carbocycles. The smallest absolute Gasteiger partial charge is 0.308 e. The highest BCUT2D eigenvalue weighted by atomic mass is 35.5. The summed E-state index contributed by atoms with van der Waals surface area (Å²) in [6.45, 7) is 3.49. The number of hydrogen-bond acceptors (Lipinski definition) is 4. The Morgan fingerprint density at radius 3 is 2.52 bits per heavy atom. The summed E-state index contributed by atoms with van der Waals surface area (Å²) in [5, 5.41) is 3.89. The van der Waals surface area contributed by atoms with Gasteiger partial charge in [0, 0.05) is 10.5 Å². The summed E-state index contributed by atoms with van der Waals surface area (Å²) in [4.78, 5) is 40.2. The Kier molecular flexibility index (Phi) is 6.34. The van der Waals surface area contributed by atoms with Crippen molar-refractivity contribution in [1.29, 1.82) is 0 Å². The average Bonchev–Trinajstić information content (AvgIpc) is 2.66. The van der Waals surface area contributed by atoms with Crippen LogP contribution < -0.4 is 10.9 Å². The van der Waals surface area contributed by atoms with E-state index in [0.29, 0.717) is 16.1 Å². The highest BCUT2D eigenvalue weighted by molar-refractivity contribution is 6.31. The molecule has 1 heterocycles. The molecule has 1 amide bonds. The number of hydrogen-bond donors (Lipinski definition) is 2. The van der Waals surface area contributed by atoms with Crippen molar-refractivity contribution < 1.29 is 14.3 Å². The van der Waals surface area contributed by atoms with Crippen LogP contribution in [-0.4, -0.2) is 23.0 Å². The Balaban J connectivity index is 1.92. The number of pyridine rings is 1. The van der Waals surface area contributed by atoms with Gasteiger partial charge in [-0.1, -0.05) is 48.0 Å². The van der Waals surface area contributed by atoms with E-state index in [9.17, 15) is 14.4 Å². The lowest BCUT2D eigenvalue weighted by molar-refractivity contribution is -0.147. The fourth-order valence-corrected chi connectivity index (χ4v) is 3.29. The van der Waals surface area contributed by atoms with Crippen LogP contribution in [0.5, 0.6) is 0 Å². The molecule has 1 unspecified atom stereocenters. The Bertz CT molecular complexity index is 1110. The number of ether oxygens (including phenoxy) is 1. The molecule has 29 heavy (non-hydrogen) atoms. The molecule has 0 saturated heterocycles. The monoisotopic (exact) mass is 412 g/mol. The fraction of sp³-hybridized carbons (Fsp3) is 0.227. The quantitative estimate of drug-likeness (QED) is 0.599. The van der Waals surface area contributed by atoms with Gasteiger partial charge in [0.15, 0.2) is 0 Å². The maximum Gasteiger partial charge on any atom is 0.308 e. The van der Waals surface area contributed by atoms with Crippen LogP contribution in [0, 0.1) is 0 Å². The van der Waals surface area contributed by atoms with Gasteiger partial charge in [-0.15, -0.1) is 0 Å². The average molecular weight is 413 g/mol. The third-order valence-electron chi connectivity index (χ3n) is 4.32. The number of benzene rings is 2. The molecule has 0 spiro atoms. The van der Waals surface area contributed by atoms with Crippen molar-refractivity contribution in [2.45, 2.75) is 32.4 Å². The van der Waals surface area contributed by atoms with Gasteiger partial charge in [-0.2, -0.15) is 0 Å². The van der Waals surface area contributed by atoms with Crippen LogP contribution in [0.2, 0.25) is 5.02 Å². The maximum absolute atomic E-state index is 12.9. The van der Waals surface area contributed by atoms with E-state index in [4.69, 9.17) is 16.3 Å². The first-order chi connectivity index (χ1) is 13.8. The number of para-hydroxylation sites is 1. The number of carbonyl (C=O) groups excluding carboxylic acids is 2. The molecule has 0 bridgehead atoms. The lowest BCUT2D eigenvalue weighted by Gasteiger charge is -2.20. The number of esters is 1. The lowest BCUT2D eigenvalue weighted by atomic mass is 10.0. The number of rotatable bonds is 6. The maximum atomic E-state index is 12.9. The van der Waals surface area contributed by atoms with Gasteiger partial charge in [-0.3, -0.25) is 14.4 Å². The molecular formula is C22H21ClN2O4. The minimum absolute atomic E-state index is 0.0435. The van der Waals surface area contributed by atoms with Crippen molar-refractivity contribution in [2.75, 3.05) is 0 Å². The Hall–Kier alpha value is -3.12. The normalized spacial score (nSPS) is 12.0. The first-order valence-corrected chi connectivity index (χ1v) is 9.60. The molecular weight excluding hydrogens is 392 g/mol. The van der Waals surface area contributed by atoms with E-state index in [1.165, 1.54) is 6.07 Å². The van der Waals surface area contributed by atoms with Gasteiger partial charge >= 0.3 is 5.97 Å². The summed E-state index contributed by atoms with van der Waals surface area (Å²) in [7, 11) is 0. The number of carbonyl (C=O) groups is 2. The van der Waals surface area contributed by atoms with Crippen molar-refractivity contribution in [3.63, 3.8) is 0 Å². The van der Waals surface area contributed by atoms with Gasteiger partial charge in [0.05, 0.1) is 18.6 Å². The van der Waals surface area contributed by atoms with Crippen molar-refractivity contribution in [3.05, 3.63) is 81.1 Å². The van der Waals surface area contributed by atoms with Crippen LogP contribution in [0.3, 0.4) is 0 Å². The van der Waals surface area contributed by atoms with E-state index in [2.05, 4.69) is 10.3 Å². The van der Waals surface area contributed by atoms with Crippen LogP contribution in [-0.2, 0) is 9.53 Å². The zero-order valence-corrected chi connectivity index (χ0v) is 16.8. The second-order valence-corrected chi connectivity index (χ2v) is 7.30. The first kappa shape index (κ1) is 20.6. The molecule has 7 heteroatoms. The van der Waals surface area contributed by atoms with E-state index >= 15 is 0 Å². The third-order valence-corrected chi connectivity index (χ3v) is 4.67. The zero-order valence-electron chi connectivity index (χ0n) is 16.1. The molecule has 6 nitrogen and oxygen atoms in total. The molecule has 3 aromatic rings. The van der Waals surface area contributed by atoms with Gasteiger partial charge in [0.25, 0.3) is 11.5 Å². The molecule has 150 valence electrons. The highest BCUT2D eigenvalue weighted by Crippen LogP contribution is 2.26. The van der Waals surface area contributed by atoms with Gasteiger partial charge < -0.3 is 15.0 Å². The SMILES string of the molecule is CC(C)OC(=O)CC(NC(=O)c1cc2ccccc2[nH]c1=O)c1ccccc1Cl. The first-order valence-electron chi connectivity index (χ1n) is 9.22. The van der Waals surface area contributed by atoms with Crippen LogP contribution in [0.15, 0.2) is 59.4 Å². The second-order valence-electron chi connectivity index (χ2n) is 6.89. The van der Waals surface area contributed by atoms with Crippen molar-refractivity contribution in [3.8, 4) is 0 Å². The fourth-order valence-electron chi connectivity index (χ4n) is 3.03. The van der Waals surface area contributed by atoms with Crippen molar-refractivity contribution in [1.82, 2.24) is 10.3 Å². The lowest BCUT2D eigenvalue weighted by Crippen LogP contribution is -2.34. The third kappa shape index (κ3) is 5.03. The molecule has 3 rings (SSSR count). The van der Waals surface area contributed by atoms with Crippen LogP contribution in [0.4, 0.5) is 0 Å². The zero-order chi connectivity index (χ0) is 21.0. The predicted octanol–water partition coefficient (Wildman–Crippen LogP) is 3.99. The van der Waals surface area contributed by atoms with E-state index in [0.717, 1.165) is 5.39 Å². The molecule has 0 fully saturated rings. The molecule has 1 atom stereocenters. The number of aromatic amines is 1. The van der Waals surface area contributed by atoms with Crippen LogP contribution >= 0.6 is 11.6 Å². The topological polar surface area (TPSA) is 88.3 Å². The van der Waals surface area contributed by atoms with Gasteiger partial charge in [0.1, 0.15) is 5.56 Å². The van der Waals surface area contributed by atoms with E-state index in [-0.39, 0.29) is 18.1 Å². The summed E-state index contributed by atoms with van der Waals surface area (Å²) in [6.07, 6.45) is -0.396. The largest absolute Gasteiger partial charge is 0.463 e. The van der Waals surface area contributed by atoms with E-state index < -0.39 is 23.5 Å². The van der Waals surface area contributed by atoms with Gasteiger partial charge in [-0.25, -0.2) is 0 Å². The summed E-state index contributed by atoms with van der Waals surface area (Å²) in [5.41, 5.74) is 0.652. The van der Waals surface area contributed by atoms with Crippen molar-refractivity contribution >= 4 is 34.4 Å². The second kappa shape index (κ2) is 8.92. The number of nitrogens with one attached hydrogen (secondary N) is 2. The number of fused-ring (bicyclic) bond motifs is 1. The molecule has 1 aromatic heterocycles. The summed E-state index contributed by atoms with van der Waals surface area (Å²) in [6, 6.07) is 14.9. The predicted molar refractivity (Wildman–Crippen MR) is 112 cm³/mol. The van der Waals surface area contributed by atoms with E-state index in [1.807, 2.05) is 6.07 Å². The Labute approximate surface area is 172 Å². The molecule has 2 N–H and O–H groups in total.